The van der Waals surface area contributed by atoms with Crippen LogP contribution in [-0.2, 0) is 0 Å². The zero-order valence-electron chi connectivity index (χ0n) is 10.2. The molecule has 0 radical (unpaired) electrons. The Labute approximate surface area is 124 Å². The predicted molar refractivity (Wildman–Crippen MR) is 82.4 cm³/mol. The number of hydrogen-bond donors (Lipinski definition) is 1. The molecule has 0 bridgehead atoms. The number of rotatable bonds is 1. The molecular weight excluding hydrogens is 297 g/mol. The number of halogens is 2. The molecule has 100 valence electrons. The maximum Gasteiger partial charge on any atom is 0.193 e. The van der Waals surface area contributed by atoms with E-state index in [2.05, 4.69) is 0 Å². The summed E-state index contributed by atoms with van der Waals surface area (Å²) in [4.78, 5) is 12.1. The highest BCUT2D eigenvalue weighted by molar-refractivity contribution is 6.35. The second kappa shape index (κ2) is 4.85. The molecule has 0 aliphatic rings. The van der Waals surface area contributed by atoms with E-state index in [1.807, 2.05) is 0 Å². The van der Waals surface area contributed by atoms with Crippen molar-refractivity contribution >= 4 is 39.9 Å². The fourth-order valence-corrected chi connectivity index (χ4v) is 2.43. The van der Waals surface area contributed by atoms with Gasteiger partial charge in [0.05, 0.1) is 15.4 Å². The van der Waals surface area contributed by atoms with E-state index in [4.69, 9.17) is 33.4 Å². The summed E-state index contributed by atoms with van der Waals surface area (Å²) < 4.78 is 5.72. The normalized spacial score (nSPS) is 10.9. The SMILES string of the molecule is Nc1ccc(Cl)c(-c2cc(=O)c3cccc(Cl)c3o2)c1. The van der Waals surface area contributed by atoms with E-state index in [9.17, 15) is 4.79 Å². The third kappa shape index (κ3) is 2.15. The molecule has 0 atom stereocenters. The largest absolute Gasteiger partial charge is 0.454 e. The van der Waals surface area contributed by atoms with Gasteiger partial charge < -0.3 is 10.2 Å². The zero-order chi connectivity index (χ0) is 14.3. The summed E-state index contributed by atoms with van der Waals surface area (Å²) in [5.74, 6) is 0.341. The van der Waals surface area contributed by atoms with Crippen molar-refractivity contribution in [2.24, 2.45) is 0 Å². The van der Waals surface area contributed by atoms with Crippen LogP contribution >= 0.6 is 23.2 Å². The molecule has 2 aromatic carbocycles. The first-order valence-corrected chi connectivity index (χ1v) is 6.59. The fourth-order valence-electron chi connectivity index (χ4n) is 2.01. The summed E-state index contributed by atoms with van der Waals surface area (Å²) in [7, 11) is 0. The summed E-state index contributed by atoms with van der Waals surface area (Å²) in [6, 6.07) is 11.4. The summed E-state index contributed by atoms with van der Waals surface area (Å²) in [6.45, 7) is 0. The maximum atomic E-state index is 12.1. The van der Waals surface area contributed by atoms with Crippen LogP contribution in [0.5, 0.6) is 0 Å². The Morgan fingerprint density at radius 3 is 2.60 bits per heavy atom. The highest BCUT2D eigenvalue weighted by Gasteiger charge is 2.12. The predicted octanol–water partition coefficient (Wildman–Crippen LogP) is 4.35. The van der Waals surface area contributed by atoms with Crippen LogP contribution in [0.2, 0.25) is 10.0 Å². The van der Waals surface area contributed by atoms with Gasteiger partial charge in [0.1, 0.15) is 5.76 Å². The molecule has 3 rings (SSSR count). The van der Waals surface area contributed by atoms with Gasteiger partial charge in [0.25, 0.3) is 0 Å². The Kier molecular flexibility index (Phi) is 3.16. The molecular formula is C15H9Cl2NO2. The summed E-state index contributed by atoms with van der Waals surface area (Å²) in [5, 5.41) is 1.26. The van der Waals surface area contributed by atoms with Crippen molar-refractivity contribution < 1.29 is 4.42 Å². The zero-order valence-corrected chi connectivity index (χ0v) is 11.7. The number of para-hydroxylation sites is 1. The van der Waals surface area contributed by atoms with E-state index in [0.29, 0.717) is 38.0 Å². The molecule has 1 aromatic heterocycles. The molecule has 5 heteroatoms. The molecule has 0 unspecified atom stereocenters. The quantitative estimate of drug-likeness (QED) is 0.680. The molecule has 1 heterocycles. The Morgan fingerprint density at radius 2 is 1.80 bits per heavy atom. The Morgan fingerprint density at radius 1 is 1.00 bits per heavy atom. The van der Waals surface area contributed by atoms with E-state index < -0.39 is 0 Å². The number of hydrogen-bond acceptors (Lipinski definition) is 3. The van der Waals surface area contributed by atoms with Crippen molar-refractivity contribution in [3.05, 3.63) is 62.7 Å². The molecule has 3 aromatic rings. The molecule has 0 saturated carbocycles. The van der Waals surface area contributed by atoms with Crippen LogP contribution in [0.15, 0.2) is 51.7 Å². The van der Waals surface area contributed by atoms with Crippen LogP contribution in [0.4, 0.5) is 5.69 Å². The van der Waals surface area contributed by atoms with Gasteiger partial charge in [-0.3, -0.25) is 4.79 Å². The lowest BCUT2D eigenvalue weighted by Crippen LogP contribution is -2.00. The Hall–Kier alpha value is -1.97. The van der Waals surface area contributed by atoms with Crippen LogP contribution in [0.25, 0.3) is 22.3 Å². The van der Waals surface area contributed by atoms with Gasteiger partial charge in [-0.2, -0.15) is 0 Å². The maximum absolute atomic E-state index is 12.1. The minimum atomic E-state index is -0.178. The molecule has 0 aliphatic carbocycles. The lowest BCUT2D eigenvalue weighted by atomic mass is 10.1. The number of fused-ring (bicyclic) bond motifs is 1. The number of benzene rings is 2. The topological polar surface area (TPSA) is 56.2 Å². The monoisotopic (exact) mass is 305 g/mol. The standard InChI is InChI=1S/C15H9Cl2NO2/c16-11-5-4-8(18)6-10(11)14-7-13(19)9-2-1-3-12(17)15(9)20-14/h1-7H,18H2. The van der Waals surface area contributed by atoms with Crippen molar-refractivity contribution in [1.29, 1.82) is 0 Å². The second-order valence-electron chi connectivity index (χ2n) is 4.33. The minimum Gasteiger partial charge on any atom is -0.454 e. The van der Waals surface area contributed by atoms with Crippen LogP contribution in [0, 0.1) is 0 Å². The van der Waals surface area contributed by atoms with Gasteiger partial charge in [0, 0.05) is 17.3 Å². The molecule has 2 N–H and O–H groups in total. The first-order valence-electron chi connectivity index (χ1n) is 5.84. The molecule has 3 nitrogen and oxygen atoms in total. The molecule has 0 fully saturated rings. The van der Waals surface area contributed by atoms with Crippen LogP contribution in [0.1, 0.15) is 0 Å². The lowest BCUT2D eigenvalue weighted by molar-refractivity contribution is 0.619. The molecule has 0 saturated heterocycles. The van der Waals surface area contributed by atoms with Gasteiger partial charge in [-0.25, -0.2) is 0 Å². The first kappa shape index (κ1) is 13.0. The summed E-state index contributed by atoms with van der Waals surface area (Å²) >= 11 is 12.2. The molecule has 0 aliphatic heterocycles. The number of nitrogens with two attached hydrogens (primary N) is 1. The van der Waals surface area contributed by atoms with Crippen molar-refractivity contribution in [3.8, 4) is 11.3 Å². The lowest BCUT2D eigenvalue weighted by Gasteiger charge is -2.07. The fraction of sp³-hybridized carbons (Fsp3) is 0. The average Bonchev–Trinajstić information content (AvgIpc) is 2.42. The van der Waals surface area contributed by atoms with Gasteiger partial charge in [0.2, 0.25) is 0 Å². The molecule has 20 heavy (non-hydrogen) atoms. The smallest absolute Gasteiger partial charge is 0.193 e. The third-order valence-corrected chi connectivity index (χ3v) is 3.59. The van der Waals surface area contributed by atoms with Gasteiger partial charge in [-0.15, -0.1) is 0 Å². The molecule has 0 spiro atoms. The molecule has 0 amide bonds. The first-order chi connectivity index (χ1) is 9.56. The van der Waals surface area contributed by atoms with E-state index >= 15 is 0 Å². The number of anilines is 1. The highest BCUT2D eigenvalue weighted by atomic mass is 35.5. The summed E-state index contributed by atoms with van der Waals surface area (Å²) in [5.41, 5.74) is 7.00. The van der Waals surface area contributed by atoms with Crippen molar-refractivity contribution in [2.45, 2.75) is 0 Å². The number of nitrogen functional groups attached to an aromatic ring is 1. The van der Waals surface area contributed by atoms with Crippen molar-refractivity contribution in [3.63, 3.8) is 0 Å². The second-order valence-corrected chi connectivity index (χ2v) is 5.15. The van der Waals surface area contributed by atoms with Crippen LogP contribution in [-0.4, -0.2) is 0 Å². The van der Waals surface area contributed by atoms with Gasteiger partial charge in [-0.05, 0) is 30.3 Å². The highest BCUT2D eigenvalue weighted by Crippen LogP contribution is 2.32. The Balaban J connectivity index is 2.35. The van der Waals surface area contributed by atoms with E-state index in [0.717, 1.165) is 0 Å². The van der Waals surface area contributed by atoms with Gasteiger partial charge in [0.15, 0.2) is 11.0 Å². The van der Waals surface area contributed by atoms with Crippen LogP contribution < -0.4 is 11.2 Å². The minimum absolute atomic E-state index is 0.178. The van der Waals surface area contributed by atoms with Gasteiger partial charge in [-0.1, -0.05) is 29.3 Å². The van der Waals surface area contributed by atoms with Gasteiger partial charge >= 0.3 is 0 Å². The third-order valence-electron chi connectivity index (χ3n) is 2.96. The van der Waals surface area contributed by atoms with Crippen LogP contribution in [0.3, 0.4) is 0 Å². The van der Waals surface area contributed by atoms with E-state index in [1.165, 1.54) is 6.07 Å². The summed E-state index contributed by atoms with van der Waals surface area (Å²) in [6.07, 6.45) is 0. The average molecular weight is 306 g/mol. The van der Waals surface area contributed by atoms with E-state index in [1.54, 1.807) is 36.4 Å². The van der Waals surface area contributed by atoms with E-state index in [-0.39, 0.29) is 5.43 Å². The van der Waals surface area contributed by atoms with Crippen molar-refractivity contribution in [2.75, 3.05) is 5.73 Å². The van der Waals surface area contributed by atoms with Crippen molar-refractivity contribution in [1.82, 2.24) is 0 Å². The Bertz CT molecular complexity index is 871.